The number of amides is 1. The van der Waals surface area contributed by atoms with E-state index in [1.54, 1.807) is 13.0 Å². The second-order valence-corrected chi connectivity index (χ2v) is 4.82. The van der Waals surface area contributed by atoms with E-state index in [1.165, 1.54) is 12.1 Å². The Labute approximate surface area is 129 Å². The number of nitrogens with one attached hydrogen (secondary N) is 2. The van der Waals surface area contributed by atoms with E-state index < -0.39 is 0 Å². The van der Waals surface area contributed by atoms with Crippen molar-refractivity contribution in [2.75, 3.05) is 25.0 Å². The van der Waals surface area contributed by atoms with Gasteiger partial charge in [-0.15, -0.1) is 0 Å². The standard InChI is InChI=1S/C17H19FN2O2/c1-13-11-14(18)7-8-16(13)20-12-17(21)19-9-10-22-15-5-3-2-4-6-15/h2-8,11,20H,9-10,12H2,1H3,(H,19,21). The highest BCUT2D eigenvalue weighted by molar-refractivity contribution is 5.80. The summed E-state index contributed by atoms with van der Waals surface area (Å²) in [5, 5.41) is 5.73. The van der Waals surface area contributed by atoms with E-state index in [2.05, 4.69) is 10.6 Å². The highest BCUT2D eigenvalue weighted by atomic mass is 19.1. The second kappa shape index (κ2) is 8.02. The van der Waals surface area contributed by atoms with Gasteiger partial charge in [0.05, 0.1) is 13.1 Å². The molecule has 0 bridgehead atoms. The molecule has 1 amide bonds. The summed E-state index contributed by atoms with van der Waals surface area (Å²) in [7, 11) is 0. The fourth-order valence-electron chi connectivity index (χ4n) is 1.94. The number of carbonyl (C=O) groups excluding carboxylic acids is 1. The summed E-state index contributed by atoms with van der Waals surface area (Å²) in [5.74, 6) is 0.350. The molecular weight excluding hydrogens is 283 g/mol. The highest BCUT2D eigenvalue weighted by Gasteiger charge is 2.03. The molecule has 22 heavy (non-hydrogen) atoms. The van der Waals surface area contributed by atoms with E-state index >= 15 is 0 Å². The number of rotatable bonds is 7. The van der Waals surface area contributed by atoms with Gasteiger partial charge in [0.25, 0.3) is 0 Å². The first kappa shape index (κ1) is 15.8. The minimum absolute atomic E-state index is 0.137. The molecule has 0 radical (unpaired) electrons. The molecule has 0 spiro atoms. The van der Waals surface area contributed by atoms with Gasteiger partial charge < -0.3 is 15.4 Å². The Morgan fingerprint density at radius 3 is 2.68 bits per heavy atom. The van der Waals surface area contributed by atoms with Gasteiger partial charge >= 0.3 is 0 Å². The van der Waals surface area contributed by atoms with Crippen molar-refractivity contribution >= 4 is 11.6 Å². The van der Waals surface area contributed by atoms with Gasteiger partial charge in [0, 0.05) is 5.69 Å². The topological polar surface area (TPSA) is 50.4 Å². The van der Waals surface area contributed by atoms with Crippen LogP contribution in [0.25, 0.3) is 0 Å². The predicted molar refractivity (Wildman–Crippen MR) is 84.6 cm³/mol. The molecule has 0 heterocycles. The highest BCUT2D eigenvalue weighted by Crippen LogP contribution is 2.15. The van der Waals surface area contributed by atoms with Gasteiger partial charge in [0.15, 0.2) is 0 Å². The van der Waals surface area contributed by atoms with Crippen molar-refractivity contribution in [3.8, 4) is 5.75 Å². The van der Waals surface area contributed by atoms with Crippen LogP contribution in [-0.4, -0.2) is 25.6 Å². The van der Waals surface area contributed by atoms with Crippen molar-refractivity contribution in [1.82, 2.24) is 5.32 Å². The first-order valence-electron chi connectivity index (χ1n) is 7.10. The predicted octanol–water partition coefficient (Wildman–Crippen LogP) is 2.74. The molecule has 0 saturated heterocycles. The molecule has 2 N–H and O–H groups in total. The smallest absolute Gasteiger partial charge is 0.239 e. The Morgan fingerprint density at radius 1 is 1.18 bits per heavy atom. The third-order valence-electron chi connectivity index (χ3n) is 3.06. The van der Waals surface area contributed by atoms with Crippen LogP contribution < -0.4 is 15.4 Å². The van der Waals surface area contributed by atoms with Crippen LogP contribution in [0.4, 0.5) is 10.1 Å². The summed E-state index contributed by atoms with van der Waals surface area (Å²) in [6.45, 7) is 2.76. The summed E-state index contributed by atoms with van der Waals surface area (Å²) in [6, 6.07) is 13.8. The van der Waals surface area contributed by atoms with Gasteiger partial charge in [-0.3, -0.25) is 4.79 Å². The van der Waals surface area contributed by atoms with Gasteiger partial charge in [-0.2, -0.15) is 0 Å². The monoisotopic (exact) mass is 302 g/mol. The quantitative estimate of drug-likeness (QED) is 0.773. The second-order valence-electron chi connectivity index (χ2n) is 4.82. The van der Waals surface area contributed by atoms with E-state index in [9.17, 15) is 9.18 Å². The van der Waals surface area contributed by atoms with Crippen molar-refractivity contribution < 1.29 is 13.9 Å². The molecule has 2 aromatic carbocycles. The Balaban J connectivity index is 1.65. The first-order chi connectivity index (χ1) is 10.6. The average molecular weight is 302 g/mol. The van der Waals surface area contributed by atoms with E-state index in [4.69, 9.17) is 4.74 Å². The maximum atomic E-state index is 13.0. The molecule has 0 unspecified atom stereocenters. The maximum absolute atomic E-state index is 13.0. The summed E-state index contributed by atoms with van der Waals surface area (Å²) in [5.41, 5.74) is 1.51. The lowest BCUT2D eigenvalue weighted by atomic mass is 10.2. The molecule has 2 rings (SSSR count). The summed E-state index contributed by atoms with van der Waals surface area (Å²) < 4.78 is 18.4. The SMILES string of the molecule is Cc1cc(F)ccc1NCC(=O)NCCOc1ccccc1. The Morgan fingerprint density at radius 2 is 1.95 bits per heavy atom. The number of aryl methyl sites for hydroxylation is 1. The van der Waals surface area contributed by atoms with Crippen LogP contribution in [0.3, 0.4) is 0 Å². The van der Waals surface area contributed by atoms with Crippen molar-refractivity contribution in [2.24, 2.45) is 0 Å². The molecule has 0 aliphatic rings. The Hall–Kier alpha value is -2.56. The number of anilines is 1. The lowest BCUT2D eigenvalue weighted by molar-refractivity contribution is -0.119. The zero-order chi connectivity index (χ0) is 15.8. The van der Waals surface area contributed by atoms with E-state index in [0.29, 0.717) is 13.2 Å². The van der Waals surface area contributed by atoms with Gasteiger partial charge in [0.2, 0.25) is 5.91 Å². The summed E-state index contributed by atoms with van der Waals surface area (Å²) >= 11 is 0. The molecule has 5 heteroatoms. The van der Waals surface area contributed by atoms with Gasteiger partial charge in [-0.1, -0.05) is 18.2 Å². The van der Waals surface area contributed by atoms with E-state index in [1.807, 2.05) is 30.3 Å². The van der Waals surface area contributed by atoms with Crippen molar-refractivity contribution in [3.05, 3.63) is 59.9 Å². The molecule has 0 atom stereocenters. The number of para-hydroxylation sites is 1. The third kappa shape index (κ3) is 5.09. The fourth-order valence-corrected chi connectivity index (χ4v) is 1.94. The number of carbonyl (C=O) groups is 1. The van der Waals surface area contributed by atoms with Crippen LogP contribution in [0.2, 0.25) is 0 Å². The van der Waals surface area contributed by atoms with E-state index in [0.717, 1.165) is 17.0 Å². The van der Waals surface area contributed by atoms with Gasteiger partial charge in [-0.05, 0) is 42.8 Å². The number of halogens is 1. The fraction of sp³-hybridized carbons (Fsp3) is 0.235. The minimum atomic E-state index is -0.287. The average Bonchev–Trinajstić information content (AvgIpc) is 2.52. The van der Waals surface area contributed by atoms with Crippen LogP contribution in [0.15, 0.2) is 48.5 Å². The summed E-state index contributed by atoms with van der Waals surface area (Å²) in [6.07, 6.45) is 0. The third-order valence-corrected chi connectivity index (χ3v) is 3.06. The van der Waals surface area contributed by atoms with Gasteiger partial charge in [-0.25, -0.2) is 4.39 Å². The van der Waals surface area contributed by atoms with Crippen molar-refractivity contribution in [2.45, 2.75) is 6.92 Å². The number of hydrogen-bond donors (Lipinski definition) is 2. The normalized spacial score (nSPS) is 10.1. The Kier molecular flexibility index (Phi) is 5.77. The van der Waals surface area contributed by atoms with E-state index in [-0.39, 0.29) is 18.3 Å². The number of hydrogen-bond acceptors (Lipinski definition) is 3. The number of ether oxygens (including phenoxy) is 1. The largest absolute Gasteiger partial charge is 0.492 e. The van der Waals surface area contributed by atoms with Crippen LogP contribution in [0, 0.1) is 12.7 Å². The van der Waals surface area contributed by atoms with Crippen LogP contribution >= 0.6 is 0 Å². The lowest BCUT2D eigenvalue weighted by Crippen LogP contribution is -2.33. The molecule has 0 fully saturated rings. The molecule has 116 valence electrons. The zero-order valence-corrected chi connectivity index (χ0v) is 12.4. The molecule has 2 aromatic rings. The molecule has 4 nitrogen and oxygen atoms in total. The zero-order valence-electron chi connectivity index (χ0n) is 12.4. The Bertz CT molecular complexity index is 617. The van der Waals surface area contributed by atoms with Crippen molar-refractivity contribution in [1.29, 1.82) is 0 Å². The molecule has 0 aliphatic heterocycles. The van der Waals surface area contributed by atoms with Crippen LogP contribution in [-0.2, 0) is 4.79 Å². The maximum Gasteiger partial charge on any atom is 0.239 e. The molecule has 0 aliphatic carbocycles. The summed E-state index contributed by atoms with van der Waals surface area (Å²) in [4.78, 5) is 11.7. The first-order valence-corrected chi connectivity index (χ1v) is 7.10. The lowest BCUT2D eigenvalue weighted by Gasteiger charge is -2.10. The molecule has 0 aromatic heterocycles. The molecule has 0 saturated carbocycles. The molecular formula is C17H19FN2O2. The van der Waals surface area contributed by atoms with Crippen molar-refractivity contribution in [3.63, 3.8) is 0 Å². The number of benzene rings is 2. The minimum Gasteiger partial charge on any atom is -0.492 e. The van der Waals surface area contributed by atoms with Crippen LogP contribution in [0.5, 0.6) is 5.75 Å². The van der Waals surface area contributed by atoms with Crippen LogP contribution in [0.1, 0.15) is 5.56 Å². The van der Waals surface area contributed by atoms with Gasteiger partial charge in [0.1, 0.15) is 18.2 Å².